The van der Waals surface area contributed by atoms with E-state index in [2.05, 4.69) is 10.6 Å². The second-order valence-corrected chi connectivity index (χ2v) is 8.90. The monoisotopic (exact) mass is 546 g/mol. The van der Waals surface area contributed by atoms with Crippen molar-refractivity contribution in [2.45, 2.75) is 0 Å². The van der Waals surface area contributed by atoms with Gasteiger partial charge in [-0.3, -0.25) is 10.1 Å². The lowest BCUT2D eigenvalue weighted by Crippen LogP contribution is -2.47. The Bertz CT molecular complexity index is 1470. The Morgan fingerprint density at radius 1 is 0.789 bits per heavy atom. The quantitative estimate of drug-likeness (QED) is 0.151. The summed E-state index contributed by atoms with van der Waals surface area (Å²) < 4.78 is 74.4. The van der Waals surface area contributed by atoms with Crippen molar-refractivity contribution in [1.29, 1.82) is 0 Å². The zero-order valence-corrected chi connectivity index (χ0v) is 20.4. The summed E-state index contributed by atoms with van der Waals surface area (Å²) in [6.07, 6.45) is 0. The number of nitrogens with zero attached hydrogens (tertiary/aromatic N) is 2. The molecular formula is C26H19F5N4O2S. The molecule has 1 fully saturated rings. The predicted molar refractivity (Wildman–Crippen MR) is 137 cm³/mol. The van der Waals surface area contributed by atoms with Gasteiger partial charge in [-0.25, -0.2) is 22.0 Å². The zero-order valence-electron chi connectivity index (χ0n) is 19.5. The molecule has 2 heterocycles. The van der Waals surface area contributed by atoms with Crippen LogP contribution in [0, 0.1) is 29.1 Å². The fourth-order valence-corrected chi connectivity index (χ4v) is 4.45. The Balaban J connectivity index is 1.18. The average Bonchev–Trinajstić information content (AvgIpc) is 3.36. The van der Waals surface area contributed by atoms with Crippen molar-refractivity contribution in [3.63, 3.8) is 0 Å². The van der Waals surface area contributed by atoms with Crippen molar-refractivity contribution in [2.75, 3.05) is 41.3 Å². The van der Waals surface area contributed by atoms with E-state index in [0.717, 1.165) is 16.0 Å². The van der Waals surface area contributed by atoms with Gasteiger partial charge >= 0.3 is 0 Å². The van der Waals surface area contributed by atoms with E-state index in [0.29, 0.717) is 11.3 Å². The van der Waals surface area contributed by atoms with E-state index in [1.165, 1.54) is 0 Å². The van der Waals surface area contributed by atoms with E-state index >= 15 is 0 Å². The smallest absolute Gasteiger partial charge is 0.293 e. The Kier molecular flexibility index (Phi) is 6.89. The highest BCUT2D eigenvalue weighted by molar-refractivity contribution is 7.80. The first-order valence-electron chi connectivity index (χ1n) is 11.4. The number of furan rings is 1. The summed E-state index contributed by atoms with van der Waals surface area (Å²) in [5.41, 5.74) is 1.05. The van der Waals surface area contributed by atoms with Crippen molar-refractivity contribution < 1.29 is 31.2 Å². The van der Waals surface area contributed by atoms with Gasteiger partial charge in [0.05, 0.1) is 0 Å². The van der Waals surface area contributed by atoms with Gasteiger partial charge in [0.25, 0.3) is 5.91 Å². The van der Waals surface area contributed by atoms with Crippen molar-refractivity contribution in [3.8, 4) is 0 Å². The van der Waals surface area contributed by atoms with Crippen LogP contribution in [0.15, 0.2) is 59.0 Å². The first-order chi connectivity index (χ1) is 18.2. The molecule has 0 aliphatic carbocycles. The molecule has 0 spiro atoms. The molecular weight excluding hydrogens is 527 g/mol. The third-order valence-corrected chi connectivity index (χ3v) is 6.35. The molecule has 4 aromatic rings. The SMILES string of the molecule is O=C(NC(=S)Nc1ccc(N2CCN(c3c(F)c(F)c(F)c(F)c3F)CC2)cc1)c1cc2ccccc2o1. The lowest BCUT2D eigenvalue weighted by atomic mass is 10.2. The van der Waals surface area contributed by atoms with Crippen LogP contribution in [-0.4, -0.2) is 37.2 Å². The van der Waals surface area contributed by atoms with Gasteiger partial charge < -0.3 is 19.5 Å². The number of piperazine rings is 1. The van der Waals surface area contributed by atoms with Gasteiger partial charge in [-0.2, -0.15) is 0 Å². The molecule has 1 aliphatic rings. The van der Waals surface area contributed by atoms with Gasteiger partial charge in [-0.1, -0.05) is 18.2 Å². The summed E-state index contributed by atoms with van der Waals surface area (Å²) in [4.78, 5) is 15.5. The third kappa shape index (κ3) is 4.86. The van der Waals surface area contributed by atoms with E-state index in [1.54, 1.807) is 42.5 Å². The summed E-state index contributed by atoms with van der Waals surface area (Å²) in [5.74, 6) is -10.2. The van der Waals surface area contributed by atoms with E-state index in [4.69, 9.17) is 16.6 Å². The average molecular weight is 547 g/mol. The molecule has 2 N–H and O–H groups in total. The number of benzene rings is 3. The summed E-state index contributed by atoms with van der Waals surface area (Å²) in [6.45, 7) is 0.684. The van der Waals surface area contributed by atoms with Gasteiger partial charge in [0.2, 0.25) is 5.82 Å². The van der Waals surface area contributed by atoms with Crippen molar-refractivity contribution in [2.24, 2.45) is 0 Å². The number of halogens is 5. The molecule has 0 unspecified atom stereocenters. The molecule has 1 aliphatic heterocycles. The summed E-state index contributed by atoms with van der Waals surface area (Å²) in [5, 5.41) is 6.33. The summed E-state index contributed by atoms with van der Waals surface area (Å²) >= 11 is 5.22. The highest BCUT2D eigenvalue weighted by atomic mass is 32.1. The van der Waals surface area contributed by atoms with E-state index in [-0.39, 0.29) is 37.1 Å². The first kappa shape index (κ1) is 25.5. The number of thiocarbonyl (C=S) groups is 1. The predicted octanol–water partition coefficient (Wildman–Crippen LogP) is 5.58. The number of hydrogen-bond acceptors (Lipinski definition) is 5. The molecule has 1 aromatic heterocycles. The normalized spacial score (nSPS) is 13.6. The van der Waals surface area contributed by atoms with Crippen LogP contribution >= 0.6 is 12.2 Å². The van der Waals surface area contributed by atoms with Gasteiger partial charge in [-0.15, -0.1) is 0 Å². The number of anilines is 3. The molecule has 196 valence electrons. The fourth-order valence-electron chi connectivity index (χ4n) is 4.24. The molecule has 0 bridgehead atoms. The van der Waals surface area contributed by atoms with Crippen LogP contribution in [0.3, 0.4) is 0 Å². The minimum Gasteiger partial charge on any atom is -0.451 e. The van der Waals surface area contributed by atoms with Gasteiger partial charge in [0.1, 0.15) is 11.3 Å². The van der Waals surface area contributed by atoms with Crippen LogP contribution in [0.4, 0.5) is 39.0 Å². The summed E-state index contributed by atoms with van der Waals surface area (Å²) in [6, 6.07) is 15.8. The minimum atomic E-state index is -2.18. The standard InChI is InChI=1S/C26H19F5N4O2S/c27-19-20(28)22(30)24(23(31)21(19)29)35-11-9-34(10-12-35)16-7-5-15(6-8-16)32-26(38)33-25(36)18-13-14-3-1-2-4-17(14)37-18/h1-8,13H,9-12H2,(H2,32,33,36,38). The lowest BCUT2D eigenvalue weighted by molar-refractivity contribution is 0.0953. The van der Waals surface area contributed by atoms with Crippen LogP contribution in [0.25, 0.3) is 11.0 Å². The Labute approximate surface area is 218 Å². The number of amides is 1. The second-order valence-electron chi connectivity index (χ2n) is 8.50. The Morgan fingerprint density at radius 3 is 2.00 bits per heavy atom. The molecule has 6 nitrogen and oxygen atoms in total. The maximum absolute atomic E-state index is 14.2. The van der Waals surface area contributed by atoms with Crippen molar-refractivity contribution >= 4 is 51.3 Å². The molecule has 38 heavy (non-hydrogen) atoms. The Hall–Kier alpha value is -4.19. The second kappa shape index (κ2) is 10.3. The van der Waals surface area contributed by atoms with E-state index in [9.17, 15) is 26.7 Å². The highest BCUT2D eigenvalue weighted by Crippen LogP contribution is 2.31. The van der Waals surface area contributed by atoms with Crippen LogP contribution < -0.4 is 20.4 Å². The van der Waals surface area contributed by atoms with Crippen molar-refractivity contribution in [3.05, 3.63) is 89.4 Å². The summed E-state index contributed by atoms with van der Waals surface area (Å²) in [7, 11) is 0. The van der Waals surface area contributed by atoms with Crippen LogP contribution in [0.1, 0.15) is 10.6 Å². The van der Waals surface area contributed by atoms with E-state index in [1.807, 2.05) is 17.0 Å². The molecule has 1 amide bonds. The topological polar surface area (TPSA) is 60.8 Å². The van der Waals surface area contributed by atoms with Gasteiger partial charge in [0, 0.05) is 42.9 Å². The molecule has 12 heteroatoms. The maximum atomic E-state index is 14.2. The number of hydrogen-bond donors (Lipinski definition) is 2. The number of fused-ring (bicyclic) bond motifs is 1. The molecule has 1 saturated heterocycles. The van der Waals surface area contributed by atoms with Gasteiger partial charge in [-0.05, 0) is 48.6 Å². The minimum absolute atomic E-state index is 0.0518. The maximum Gasteiger partial charge on any atom is 0.293 e. The fraction of sp³-hybridized carbons (Fsp3) is 0.154. The first-order valence-corrected chi connectivity index (χ1v) is 11.9. The van der Waals surface area contributed by atoms with Crippen LogP contribution in [0.5, 0.6) is 0 Å². The molecule has 3 aromatic carbocycles. The third-order valence-electron chi connectivity index (χ3n) is 6.15. The highest BCUT2D eigenvalue weighted by Gasteiger charge is 2.30. The van der Waals surface area contributed by atoms with Crippen LogP contribution in [-0.2, 0) is 0 Å². The molecule has 5 rings (SSSR count). The van der Waals surface area contributed by atoms with Crippen LogP contribution in [0.2, 0.25) is 0 Å². The molecule has 0 saturated carbocycles. The molecule has 0 radical (unpaired) electrons. The number of carbonyl (C=O) groups is 1. The number of nitrogens with one attached hydrogen (secondary N) is 2. The largest absolute Gasteiger partial charge is 0.451 e. The zero-order chi connectivity index (χ0) is 27.0. The van der Waals surface area contributed by atoms with Gasteiger partial charge in [0.15, 0.2) is 34.1 Å². The lowest BCUT2D eigenvalue weighted by Gasteiger charge is -2.37. The van der Waals surface area contributed by atoms with Crippen molar-refractivity contribution in [1.82, 2.24) is 5.32 Å². The number of rotatable bonds is 4. The van der Waals surface area contributed by atoms with E-state index < -0.39 is 40.7 Å². The molecule has 0 atom stereocenters. The number of carbonyl (C=O) groups excluding carboxylic acids is 1. The number of para-hydroxylation sites is 1. The Morgan fingerprint density at radius 2 is 1.37 bits per heavy atom.